The van der Waals surface area contributed by atoms with Crippen LogP contribution in [-0.4, -0.2) is 57.2 Å². The van der Waals surface area contributed by atoms with Gasteiger partial charge in [-0.25, -0.2) is 8.78 Å². The molecule has 2 aromatic rings. The Kier molecular flexibility index (Phi) is 7.21. The van der Waals surface area contributed by atoms with Gasteiger partial charge >= 0.3 is 0 Å². The molecule has 8 heteroatoms. The number of Topliss-reactive ketones (excluding diaryl/α,β-unsaturated/α-hetero) is 1. The Hall–Kier alpha value is -3.02. The molecule has 1 aliphatic rings. The Bertz CT molecular complexity index is 1000. The minimum Gasteiger partial charge on any atom is -0.490 e. The fourth-order valence-corrected chi connectivity index (χ4v) is 3.56. The average molecular weight is 429 g/mol. The fraction of sp³-hybridized carbons (Fsp3) is 0.391. The number of nitriles is 1. The maximum absolute atomic E-state index is 14.9. The molecule has 0 spiro atoms. The number of hydrogen-bond donors (Lipinski definition) is 0. The van der Waals surface area contributed by atoms with E-state index in [9.17, 15) is 18.8 Å². The lowest BCUT2D eigenvalue weighted by Crippen LogP contribution is -2.44. The van der Waals surface area contributed by atoms with Crippen molar-refractivity contribution in [3.63, 3.8) is 0 Å². The van der Waals surface area contributed by atoms with Gasteiger partial charge in [0.1, 0.15) is 41.7 Å². The molecule has 0 aromatic heterocycles. The minimum absolute atomic E-state index is 0.0312. The van der Waals surface area contributed by atoms with Crippen LogP contribution < -0.4 is 9.64 Å². The summed E-state index contributed by atoms with van der Waals surface area (Å²) in [4.78, 5) is 15.5. The van der Waals surface area contributed by atoms with Gasteiger partial charge in [-0.1, -0.05) is 6.07 Å². The van der Waals surface area contributed by atoms with Gasteiger partial charge in [0.05, 0.1) is 17.9 Å². The van der Waals surface area contributed by atoms with Gasteiger partial charge < -0.3 is 14.4 Å². The fourth-order valence-electron chi connectivity index (χ4n) is 3.56. The van der Waals surface area contributed by atoms with Gasteiger partial charge in [-0.2, -0.15) is 5.26 Å². The maximum atomic E-state index is 14.9. The first-order chi connectivity index (χ1) is 14.8. The van der Waals surface area contributed by atoms with Crippen LogP contribution in [0.4, 0.5) is 14.5 Å². The first-order valence-corrected chi connectivity index (χ1v) is 9.96. The molecule has 0 saturated carbocycles. The van der Waals surface area contributed by atoms with Crippen molar-refractivity contribution in [1.82, 2.24) is 4.90 Å². The predicted octanol–water partition coefficient (Wildman–Crippen LogP) is 3.38. The molecule has 1 aliphatic heterocycles. The zero-order valence-corrected chi connectivity index (χ0v) is 17.8. The highest BCUT2D eigenvalue weighted by Gasteiger charge is 2.24. The van der Waals surface area contributed by atoms with Crippen molar-refractivity contribution < 1.29 is 23.0 Å². The Morgan fingerprint density at radius 2 is 2.10 bits per heavy atom. The quantitative estimate of drug-likeness (QED) is 0.629. The smallest absolute Gasteiger partial charge is 0.163 e. The van der Waals surface area contributed by atoms with Crippen LogP contribution in [0.2, 0.25) is 0 Å². The van der Waals surface area contributed by atoms with Crippen LogP contribution in [0.5, 0.6) is 5.75 Å². The Labute approximate surface area is 180 Å². The maximum Gasteiger partial charge on any atom is 0.163 e. The van der Waals surface area contributed by atoms with Gasteiger partial charge in [-0.3, -0.25) is 9.69 Å². The summed E-state index contributed by atoms with van der Waals surface area (Å²) in [6, 6.07) is 9.22. The molecule has 0 amide bonds. The molecule has 31 heavy (non-hydrogen) atoms. The Morgan fingerprint density at radius 3 is 2.77 bits per heavy atom. The van der Waals surface area contributed by atoms with E-state index in [4.69, 9.17) is 9.47 Å². The van der Waals surface area contributed by atoms with E-state index in [1.165, 1.54) is 19.1 Å². The summed E-state index contributed by atoms with van der Waals surface area (Å²) in [5, 5.41) is 9.36. The molecule has 3 rings (SSSR count). The Morgan fingerprint density at radius 1 is 1.32 bits per heavy atom. The highest BCUT2D eigenvalue weighted by molar-refractivity contribution is 5.96. The molecule has 1 saturated heterocycles. The van der Waals surface area contributed by atoms with Crippen molar-refractivity contribution >= 4 is 11.5 Å². The zero-order chi connectivity index (χ0) is 22.5. The summed E-state index contributed by atoms with van der Waals surface area (Å²) in [7, 11) is 3.53. The molecule has 0 radical (unpaired) electrons. The van der Waals surface area contributed by atoms with Crippen LogP contribution >= 0.6 is 0 Å². The Balaban J connectivity index is 1.66. The number of morpholine rings is 1. The topological polar surface area (TPSA) is 65.8 Å². The number of anilines is 1. The van der Waals surface area contributed by atoms with Gasteiger partial charge in [0.25, 0.3) is 0 Å². The number of ketones is 1. The minimum atomic E-state index is -0.509. The monoisotopic (exact) mass is 429 g/mol. The molecular formula is C23H25F2N3O3. The summed E-state index contributed by atoms with van der Waals surface area (Å²) in [6.07, 6.45) is -0.293. The van der Waals surface area contributed by atoms with Crippen molar-refractivity contribution in [1.29, 1.82) is 5.26 Å². The standard InChI is InChI=1S/C23H25F2N3O3/c1-15(29)19-10-17(24)5-7-22(19)31-14-18-13-28(8-9-30-18)12-16-4-6-21(27(2)3)20(11-26)23(16)25/h4-7,10,18H,8-9,12-14H2,1-3H3. The van der Waals surface area contributed by atoms with Gasteiger partial charge in [-0.15, -0.1) is 0 Å². The van der Waals surface area contributed by atoms with E-state index in [0.29, 0.717) is 43.2 Å². The van der Waals surface area contributed by atoms with E-state index in [1.807, 2.05) is 11.0 Å². The number of carbonyl (C=O) groups is 1. The second-order valence-electron chi connectivity index (χ2n) is 7.67. The second-order valence-corrected chi connectivity index (χ2v) is 7.67. The van der Waals surface area contributed by atoms with Crippen molar-refractivity contribution in [2.75, 3.05) is 45.3 Å². The third-order valence-electron chi connectivity index (χ3n) is 5.16. The molecule has 0 N–H and O–H groups in total. The number of halogens is 2. The van der Waals surface area contributed by atoms with Crippen molar-refractivity contribution in [3.05, 3.63) is 58.7 Å². The molecule has 0 bridgehead atoms. The summed E-state index contributed by atoms with van der Waals surface area (Å²) in [6.45, 7) is 3.42. The molecule has 1 fully saturated rings. The van der Waals surface area contributed by atoms with Gasteiger partial charge in [0, 0.05) is 39.3 Å². The van der Waals surface area contributed by atoms with Gasteiger partial charge in [0.2, 0.25) is 0 Å². The molecule has 1 unspecified atom stereocenters. The van der Waals surface area contributed by atoms with E-state index in [-0.39, 0.29) is 29.6 Å². The van der Waals surface area contributed by atoms with Crippen LogP contribution in [0, 0.1) is 23.0 Å². The number of nitrogens with zero attached hydrogens (tertiary/aromatic N) is 3. The lowest BCUT2D eigenvalue weighted by atomic mass is 10.1. The van der Waals surface area contributed by atoms with Gasteiger partial charge in [-0.05, 0) is 31.2 Å². The molecule has 164 valence electrons. The van der Waals surface area contributed by atoms with E-state index < -0.39 is 11.6 Å². The summed E-state index contributed by atoms with van der Waals surface area (Å²) >= 11 is 0. The molecular weight excluding hydrogens is 404 g/mol. The van der Waals surface area contributed by atoms with Crippen molar-refractivity contribution in [3.8, 4) is 11.8 Å². The van der Waals surface area contributed by atoms with Crippen LogP contribution in [0.15, 0.2) is 30.3 Å². The predicted molar refractivity (Wildman–Crippen MR) is 112 cm³/mol. The number of benzene rings is 2. The van der Waals surface area contributed by atoms with Gasteiger partial charge in [0.15, 0.2) is 5.78 Å². The first kappa shape index (κ1) is 22.7. The third-order valence-corrected chi connectivity index (χ3v) is 5.16. The molecule has 0 aliphatic carbocycles. The largest absolute Gasteiger partial charge is 0.490 e. The normalized spacial score (nSPS) is 16.6. The highest BCUT2D eigenvalue weighted by Crippen LogP contribution is 2.25. The SMILES string of the molecule is CC(=O)c1cc(F)ccc1OCC1CN(Cc2ccc(N(C)C)c(C#N)c2F)CCO1. The molecule has 6 nitrogen and oxygen atoms in total. The van der Waals surface area contributed by atoms with Crippen molar-refractivity contribution in [2.24, 2.45) is 0 Å². The summed E-state index contributed by atoms with van der Waals surface area (Å²) < 4.78 is 39.8. The summed E-state index contributed by atoms with van der Waals surface area (Å²) in [5.74, 6) is -0.994. The highest BCUT2D eigenvalue weighted by atomic mass is 19.1. The molecule has 2 aromatic carbocycles. The molecule has 1 heterocycles. The van der Waals surface area contributed by atoms with Crippen LogP contribution in [0.1, 0.15) is 28.4 Å². The van der Waals surface area contributed by atoms with Crippen molar-refractivity contribution in [2.45, 2.75) is 19.6 Å². The lowest BCUT2D eigenvalue weighted by Gasteiger charge is -2.33. The number of ether oxygens (including phenoxy) is 2. The third kappa shape index (κ3) is 5.37. The van der Waals surface area contributed by atoms with E-state index in [1.54, 1.807) is 31.1 Å². The first-order valence-electron chi connectivity index (χ1n) is 9.96. The zero-order valence-electron chi connectivity index (χ0n) is 17.8. The second kappa shape index (κ2) is 9.86. The van der Waals surface area contributed by atoms with E-state index in [2.05, 4.69) is 0 Å². The number of carbonyl (C=O) groups excluding carboxylic acids is 1. The van der Waals surface area contributed by atoms with Crippen LogP contribution in [0.3, 0.4) is 0 Å². The van der Waals surface area contributed by atoms with Crippen LogP contribution in [-0.2, 0) is 11.3 Å². The summed E-state index contributed by atoms with van der Waals surface area (Å²) in [5.41, 5.74) is 1.20. The van der Waals surface area contributed by atoms with Crippen LogP contribution in [0.25, 0.3) is 0 Å². The number of rotatable bonds is 7. The lowest BCUT2D eigenvalue weighted by molar-refractivity contribution is -0.0507. The van der Waals surface area contributed by atoms with E-state index >= 15 is 0 Å². The molecule has 1 atom stereocenters. The number of hydrogen-bond acceptors (Lipinski definition) is 6. The average Bonchev–Trinajstić information content (AvgIpc) is 2.74. The van der Waals surface area contributed by atoms with E-state index in [0.717, 1.165) is 6.07 Å².